The molecule has 2 aromatic carbocycles. The van der Waals surface area contributed by atoms with Gasteiger partial charge in [0, 0.05) is 45.8 Å². The summed E-state index contributed by atoms with van der Waals surface area (Å²) in [5.74, 6) is 0.413. The topological polar surface area (TPSA) is 78.0 Å². The molecule has 0 aromatic heterocycles. The number of benzene rings is 2. The third kappa shape index (κ3) is 8.90. The largest absolute Gasteiger partial charge is 0.379 e. The Morgan fingerprint density at radius 1 is 1.09 bits per heavy atom. The zero-order valence-corrected chi connectivity index (χ0v) is 21.5. The van der Waals surface area contributed by atoms with E-state index >= 15 is 0 Å². The molecular formula is C24H33FIN5O2. The fourth-order valence-electron chi connectivity index (χ4n) is 3.73. The first-order valence-electron chi connectivity index (χ1n) is 10.9. The summed E-state index contributed by atoms with van der Waals surface area (Å²) in [6.07, 6.45) is 0.825. The van der Waals surface area contributed by atoms with Crippen LogP contribution in [0.15, 0.2) is 53.5 Å². The van der Waals surface area contributed by atoms with Gasteiger partial charge in [0.1, 0.15) is 5.82 Å². The van der Waals surface area contributed by atoms with E-state index in [1.165, 1.54) is 24.6 Å². The lowest BCUT2D eigenvalue weighted by molar-refractivity contribution is -0.114. The molecule has 0 saturated carbocycles. The van der Waals surface area contributed by atoms with Gasteiger partial charge in [-0.15, -0.1) is 24.0 Å². The number of anilines is 1. The van der Waals surface area contributed by atoms with Crippen LogP contribution in [0.5, 0.6) is 0 Å². The number of nitrogens with zero attached hydrogens (tertiary/aromatic N) is 2. The smallest absolute Gasteiger partial charge is 0.221 e. The van der Waals surface area contributed by atoms with Gasteiger partial charge < -0.3 is 20.7 Å². The summed E-state index contributed by atoms with van der Waals surface area (Å²) >= 11 is 0. The monoisotopic (exact) mass is 569 g/mol. The summed E-state index contributed by atoms with van der Waals surface area (Å²) in [7, 11) is 1.75. The van der Waals surface area contributed by atoms with Crippen LogP contribution in [-0.4, -0.2) is 63.2 Å². The Labute approximate surface area is 212 Å². The van der Waals surface area contributed by atoms with E-state index in [1.807, 2.05) is 36.4 Å². The molecule has 1 heterocycles. The highest BCUT2D eigenvalue weighted by Gasteiger charge is 2.23. The number of hydrogen-bond donors (Lipinski definition) is 3. The standard InChI is InChI=1S/C24H32FN5O2.HI/c1-18(31)29-22-9-3-19(4-10-22)11-12-27-24(26-2)28-17-23(30-13-15-32-16-14-30)20-5-7-21(25)8-6-20;/h3-10,23H,11-17H2,1-2H3,(H,29,31)(H2,26,27,28);1H. The maximum atomic E-state index is 13.4. The Morgan fingerprint density at radius 2 is 1.76 bits per heavy atom. The van der Waals surface area contributed by atoms with E-state index in [0.29, 0.717) is 19.8 Å². The van der Waals surface area contributed by atoms with Crippen molar-refractivity contribution in [1.29, 1.82) is 0 Å². The van der Waals surface area contributed by atoms with E-state index in [0.717, 1.165) is 43.3 Å². The second kappa shape index (κ2) is 14.1. The molecule has 3 rings (SSSR count). The normalized spacial score (nSPS) is 15.3. The van der Waals surface area contributed by atoms with E-state index in [-0.39, 0.29) is 41.7 Å². The van der Waals surface area contributed by atoms with Crippen LogP contribution in [0.4, 0.5) is 10.1 Å². The van der Waals surface area contributed by atoms with Crippen LogP contribution in [0, 0.1) is 5.82 Å². The third-order valence-electron chi connectivity index (χ3n) is 5.41. The van der Waals surface area contributed by atoms with E-state index in [9.17, 15) is 9.18 Å². The highest BCUT2D eigenvalue weighted by molar-refractivity contribution is 14.0. The number of ether oxygens (including phenoxy) is 1. The van der Waals surface area contributed by atoms with Crippen molar-refractivity contribution in [3.8, 4) is 0 Å². The highest BCUT2D eigenvalue weighted by atomic mass is 127. The molecule has 9 heteroatoms. The molecule has 1 unspecified atom stereocenters. The molecular weight excluding hydrogens is 536 g/mol. The summed E-state index contributed by atoms with van der Waals surface area (Å²) in [5.41, 5.74) is 3.02. The van der Waals surface area contributed by atoms with E-state index in [4.69, 9.17) is 4.74 Å². The van der Waals surface area contributed by atoms with Gasteiger partial charge in [0.15, 0.2) is 5.96 Å². The van der Waals surface area contributed by atoms with E-state index in [2.05, 4.69) is 25.8 Å². The van der Waals surface area contributed by atoms with Crippen molar-refractivity contribution in [2.24, 2.45) is 4.99 Å². The van der Waals surface area contributed by atoms with Crippen molar-refractivity contribution in [2.75, 3.05) is 51.8 Å². The first-order chi connectivity index (χ1) is 15.5. The van der Waals surface area contributed by atoms with Gasteiger partial charge in [-0.2, -0.15) is 0 Å². The number of aliphatic imine (C=N–C) groups is 1. The molecule has 1 aliphatic rings. The van der Waals surface area contributed by atoms with Crippen molar-refractivity contribution < 1.29 is 13.9 Å². The van der Waals surface area contributed by atoms with Gasteiger partial charge in [0.05, 0.1) is 19.3 Å². The lowest BCUT2D eigenvalue weighted by Gasteiger charge is -2.35. The summed E-state index contributed by atoms with van der Waals surface area (Å²) in [4.78, 5) is 17.8. The summed E-state index contributed by atoms with van der Waals surface area (Å²) in [6.45, 7) is 5.94. The highest BCUT2D eigenvalue weighted by Crippen LogP contribution is 2.21. The van der Waals surface area contributed by atoms with Crippen LogP contribution < -0.4 is 16.0 Å². The molecule has 180 valence electrons. The van der Waals surface area contributed by atoms with Gasteiger partial charge in [-0.25, -0.2) is 4.39 Å². The molecule has 33 heavy (non-hydrogen) atoms. The van der Waals surface area contributed by atoms with Crippen molar-refractivity contribution >= 4 is 41.5 Å². The van der Waals surface area contributed by atoms with Crippen molar-refractivity contribution in [1.82, 2.24) is 15.5 Å². The molecule has 0 spiro atoms. The van der Waals surface area contributed by atoms with Gasteiger partial charge in [0.2, 0.25) is 5.91 Å². The van der Waals surface area contributed by atoms with Gasteiger partial charge >= 0.3 is 0 Å². The molecule has 1 saturated heterocycles. The Bertz CT molecular complexity index is 887. The summed E-state index contributed by atoms with van der Waals surface area (Å²) in [6, 6.07) is 14.6. The molecule has 2 aromatic rings. The molecule has 1 amide bonds. The fourth-order valence-corrected chi connectivity index (χ4v) is 3.73. The maximum absolute atomic E-state index is 13.4. The quantitative estimate of drug-likeness (QED) is 0.259. The first-order valence-corrected chi connectivity index (χ1v) is 10.9. The number of hydrogen-bond acceptors (Lipinski definition) is 4. The lowest BCUT2D eigenvalue weighted by Crippen LogP contribution is -2.46. The second-order valence-corrected chi connectivity index (χ2v) is 7.72. The summed E-state index contributed by atoms with van der Waals surface area (Å²) in [5, 5.41) is 9.53. The number of morpholine rings is 1. The second-order valence-electron chi connectivity index (χ2n) is 7.72. The Morgan fingerprint density at radius 3 is 2.36 bits per heavy atom. The molecule has 1 fully saturated rings. The van der Waals surface area contributed by atoms with E-state index < -0.39 is 0 Å². The minimum Gasteiger partial charge on any atom is -0.379 e. The van der Waals surface area contributed by atoms with Crippen LogP contribution in [0.2, 0.25) is 0 Å². The van der Waals surface area contributed by atoms with Crippen molar-refractivity contribution in [3.63, 3.8) is 0 Å². The molecule has 0 radical (unpaired) electrons. The third-order valence-corrected chi connectivity index (χ3v) is 5.41. The fraction of sp³-hybridized carbons (Fsp3) is 0.417. The van der Waals surface area contributed by atoms with Crippen LogP contribution >= 0.6 is 24.0 Å². The lowest BCUT2D eigenvalue weighted by atomic mass is 10.0. The molecule has 7 nitrogen and oxygen atoms in total. The van der Waals surface area contributed by atoms with Crippen LogP contribution in [0.3, 0.4) is 0 Å². The zero-order chi connectivity index (χ0) is 22.8. The minimum absolute atomic E-state index is 0. The zero-order valence-electron chi connectivity index (χ0n) is 19.1. The SMILES string of the molecule is CN=C(NCCc1ccc(NC(C)=O)cc1)NCC(c1ccc(F)cc1)N1CCOCC1.I. The average Bonchev–Trinajstić information content (AvgIpc) is 2.80. The molecule has 0 aliphatic carbocycles. The number of carbonyl (C=O) groups is 1. The molecule has 0 bridgehead atoms. The number of amides is 1. The van der Waals surface area contributed by atoms with Crippen LogP contribution in [0.25, 0.3) is 0 Å². The molecule has 1 atom stereocenters. The van der Waals surface area contributed by atoms with Crippen LogP contribution in [0.1, 0.15) is 24.1 Å². The number of guanidine groups is 1. The molecule has 3 N–H and O–H groups in total. The van der Waals surface area contributed by atoms with E-state index in [1.54, 1.807) is 7.05 Å². The van der Waals surface area contributed by atoms with Gasteiger partial charge in [-0.05, 0) is 41.8 Å². The van der Waals surface area contributed by atoms with Crippen molar-refractivity contribution in [2.45, 2.75) is 19.4 Å². The van der Waals surface area contributed by atoms with Gasteiger partial charge in [-0.1, -0.05) is 24.3 Å². The predicted octanol–water partition coefficient (Wildman–Crippen LogP) is 3.18. The number of halogens is 2. The predicted molar refractivity (Wildman–Crippen MR) is 141 cm³/mol. The number of carbonyl (C=O) groups excluding carboxylic acids is 1. The number of nitrogens with one attached hydrogen (secondary N) is 3. The minimum atomic E-state index is -0.231. The van der Waals surface area contributed by atoms with Crippen LogP contribution in [-0.2, 0) is 16.0 Å². The Kier molecular flexibility index (Phi) is 11.6. The first kappa shape index (κ1) is 27.0. The maximum Gasteiger partial charge on any atom is 0.221 e. The Balaban J connectivity index is 0.00000385. The van der Waals surface area contributed by atoms with Crippen molar-refractivity contribution in [3.05, 3.63) is 65.5 Å². The summed E-state index contributed by atoms with van der Waals surface area (Å²) < 4.78 is 18.9. The Hall–Kier alpha value is -2.24. The van der Waals surface area contributed by atoms with Gasteiger partial charge in [-0.3, -0.25) is 14.7 Å². The average molecular weight is 569 g/mol. The number of rotatable bonds is 8. The molecule has 1 aliphatic heterocycles. The van der Waals surface area contributed by atoms with Gasteiger partial charge in [0.25, 0.3) is 0 Å².